The van der Waals surface area contributed by atoms with Crippen LogP contribution in [0.25, 0.3) is 11.0 Å². The Labute approximate surface area is 141 Å². The van der Waals surface area contributed by atoms with E-state index in [0.717, 1.165) is 35.4 Å². The molecule has 3 heterocycles. The van der Waals surface area contributed by atoms with Crippen molar-refractivity contribution >= 4 is 22.6 Å². The van der Waals surface area contributed by atoms with Crippen molar-refractivity contribution in [2.24, 2.45) is 5.92 Å². The topological polar surface area (TPSA) is 88.9 Å². The third-order valence-electron chi connectivity index (χ3n) is 4.97. The van der Waals surface area contributed by atoms with E-state index < -0.39 is 0 Å². The van der Waals surface area contributed by atoms with Gasteiger partial charge in [-0.25, -0.2) is 0 Å². The van der Waals surface area contributed by atoms with Crippen LogP contribution < -0.4 is 4.90 Å². The van der Waals surface area contributed by atoms with Crippen molar-refractivity contribution in [2.45, 2.75) is 32.7 Å². The summed E-state index contributed by atoms with van der Waals surface area (Å²) in [6.45, 7) is 5.52. The number of nitrogens with one attached hydrogen (secondary N) is 1. The number of H-pyrrole nitrogens is 1. The van der Waals surface area contributed by atoms with Crippen LogP contribution in [0.15, 0.2) is 12.3 Å². The SMILES string of the molecule is Cc1nnc2[nH]ccc2c1N(C)[C@H]1CN(C(=O)CC#N)CC[C@H]1C. The van der Waals surface area contributed by atoms with Gasteiger partial charge in [0.2, 0.25) is 5.91 Å². The van der Waals surface area contributed by atoms with Gasteiger partial charge in [-0.3, -0.25) is 4.79 Å². The number of aryl methyl sites for hydroxylation is 1. The van der Waals surface area contributed by atoms with Crippen molar-refractivity contribution in [1.82, 2.24) is 20.1 Å². The first-order valence-electron chi connectivity index (χ1n) is 8.20. The van der Waals surface area contributed by atoms with Gasteiger partial charge < -0.3 is 14.8 Å². The number of nitrogens with zero attached hydrogens (tertiary/aromatic N) is 5. The number of carbonyl (C=O) groups excluding carboxylic acids is 1. The Hall–Kier alpha value is -2.62. The zero-order valence-corrected chi connectivity index (χ0v) is 14.3. The number of rotatable bonds is 3. The van der Waals surface area contributed by atoms with E-state index in [1.54, 1.807) is 0 Å². The number of anilines is 1. The van der Waals surface area contributed by atoms with Crippen LogP contribution in [0.3, 0.4) is 0 Å². The average molecular weight is 326 g/mol. The first kappa shape index (κ1) is 16.2. The summed E-state index contributed by atoms with van der Waals surface area (Å²) in [5, 5.41) is 18.3. The van der Waals surface area contributed by atoms with Crippen molar-refractivity contribution in [1.29, 1.82) is 5.26 Å². The van der Waals surface area contributed by atoms with Gasteiger partial charge in [-0.2, -0.15) is 10.4 Å². The summed E-state index contributed by atoms with van der Waals surface area (Å²) in [4.78, 5) is 19.2. The molecule has 1 amide bonds. The average Bonchev–Trinajstić information content (AvgIpc) is 3.03. The zero-order chi connectivity index (χ0) is 17.3. The molecule has 0 aliphatic carbocycles. The number of fused-ring (bicyclic) bond motifs is 1. The molecule has 2 aromatic heterocycles. The summed E-state index contributed by atoms with van der Waals surface area (Å²) in [6.07, 6.45) is 2.74. The van der Waals surface area contributed by atoms with Crippen molar-refractivity contribution in [3.63, 3.8) is 0 Å². The molecule has 0 unspecified atom stereocenters. The highest BCUT2D eigenvalue weighted by Gasteiger charge is 2.32. The van der Waals surface area contributed by atoms with Crippen LogP contribution in [-0.4, -0.2) is 52.2 Å². The summed E-state index contributed by atoms with van der Waals surface area (Å²) >= 11 is 0. The molecule has 126 valence electrons. The van der Waals surface area contributed by atoms with E-state index >= 15 is 0 Å². The minimum atomic E-state index is -0.0841. The number of likely N-dealkylation sites (N-methyl/N-ethyl adjacent to an activating group) is 1. The molecule has 7 nitrogen and oxygen atoms in total. The van der Waals surface area contributed by atoms with Gasteiger partial charge in [-0.1, -0.05) is 6.92 Å². The molecule has 0 spiro atoms. The van der Waals surface area contributed by atoms with E-state index in [1.165, 1.54) is 0 Å². The van der Waals surface area contributed by atoms with Crippen molar-refractivity contribution in [2.75, 3.05) is 25.0 Å². The number of aromatic nitrogens is 3. The predicted molar refractivity (Wildman–Crippen MR) is 91.4 cm³/mol. The molecular weight excluding hydrogens is 304 g/mol. The number of carbonyl (C=O) groups is 1. The van der Waals surface area contributed by atoms with Gasteiger partial charge in [-0.05, 0) is 25.3 Å². The van der Waals surface area contributed by atoms with E-state index in [9.17, 15) is 4.79 Å². The fourth-order valence-corrected chi connectivity index (χ4v) is 3.57. The number of nitriles is 1. The number of aromatic amines is 1. The summed E-state index contributed by atoms with van der Waals surface area (Å²) in [5.41, 5.74) is 2.69. The van der Waals surface area contributed by atoms with Gasteiger partial charge >= 0.3 is 0 Å². The normalized spacial score (nSPS) is 20.8. The molecule has 1 N–H and O–H groups in total. The lowest BCUT2D eigenvalue weighted by Gasteiger charge is -2.42. The Morgan fingerprint density at radius 3 is 3.08 bits per heavy atom. The lowest BCUT2D eigenvalue weighted by Crippen LogP contribution is -2.52. The molecule has 7 heteroatoms. The van der Waals surface area contributed by atoms with Crippen LogP contribution in [-0.2, 0) is 4.79 Å². The van der Waals surface area contributed by atoms with Gasteiger partial charge in [0.25, 0.3) is 0 Å². The molecule has 0 radical (unpaired) electrons. The summed E-state index contributed by atoms with van der Waals surface area (Å²) in [5.74, 6) is 0.363. The fourth-order valence-electron chi connectivity index (χ4n) is 3.57. The van der Waals surface area contributed by atoms with E-state index in [4.69, 9.17) is 5.26 Å². The molecule has 1 aliphatic heterocycles. The van der Waals surface area contributed by atoms with Crippen LogP contribution >= 0.6 is 0 Å². The van der Waals surface area contributed by atoms with Crippen LogP contribution in [0, 0.1) is 24.2 Å². The predicted octanol–water partition coefficient (Wildman–Crippen LogP) is 1.85. The third-order valence-corrected chi connectivity index (χ3v) is 4.97. The maximum Gasteiger partial charge on any atom is 0.236 e. The molecule has 2 atom stereocenters. The molecular formula is C17H22N6O. The second-order valence-corrected chi connectivity index (χ2v) is 6.49. The van der Waals surface area contributed by atoms with Crippen molar-refractivity contribution < 1.29 is 4.79 Å². The zero-order valence-electron chi connectivity index (χ0n) is 14.3. The molecule has 24 heavy (non-hydrogen) atoms. The van der Waals surface area contributed by atoms with Crippen LogP contribution in [0.4, 0.5) is 5.69 Å². The summed E-state index contributed by atoms with van der Waals surface area (Å²) in [7, 11) is 2.05. The number of likely N-dealkylation sites (tertiary alicyclic amines) is 1. The highest BCUT2D eigenvalue weighted by Crippen LogP contribution is 2.32. The molecule has 2 aromatic rings. The van der Waals surface area contributed by atoms with Gasteiger partial charge in [-0.15, -0.1) is 5.10 Å². The number of hydrogen-bond donors (Lipinski definition) is 1. The maximum atomic E-state index is 12.1. The Morgan fingerprint density at radius 2 is 2.33 bits per heavy atom. The molecule has 1 aliphatic rings. The first-order chi connectivity index (χ1) is 11.5. The van der Waals surface area contributed by atoms with Gasteiger partial charge in [0.1, 0.15) is 6.42 Å². The first-order valence-corrected chi connectivity index (χ1v) is 8.20. The minimum absolute atomic E-state index is 0.0529. The third kappa shape index (κ3) is 2.80. The Kier molecular flexibility index (Phi) is 4.38. The van der Waals surface area contributed by atoms with Crippen molar-refractivity contribution in [3.05, 3.63) is 18.0 Å². The van der Waals surface area contributed by atoms with E-state index in [1.807, 2.05) is 30.2 Å². The standard InChI is InChI=1S/C17H22N6O/c1-11-6-9-23(15(24)4-7-18)10-14(11)22(3)16-12(2)20-21-17-13(16)5-8-19-17/h5,8,11,14H,4,6,9-10H2,1-3H3,(H,19,21)/t11-,14+/m1/s1. The largest absolute Gasteiger partial charge is 0.367 e. The van der Waals surface area contributed by atoms with E-state index in [-0.39, 0.29) is 18.4 Å². The van der Waals surface area contributed by atoms with Crippen LogP contribution in [0.1, 0.15) is 25.5 Å². The molecule has 0 aromatic carbocycles. The smallest absolute Gasteiger partial charge is 0.236 e. The van der Waals surface area contributed by atoms with Gasteiger partial charge in [0.15, 0.2) is 5.65 Å². The molecule has 3 rings (SSSR count). The maximum absolute atomic E-state index is 12.1. The minimum Gasteiger partial charge on any atom is -0.367 e. The van der Waals surface area contributed by atoms with E-state index in [0.29, 0.717) is 12.5 Å². The molecule has 0 bridgehead atoms. The van der Waals surface area contributed by atoms with Crippen LogP contribution in [0.2, 0.25) is 0 Å². The lowest BCUT2D eigenvalue weighted by atomic mass is 9.91. The Balaban J connectivity index is 1.91. The second-order valence-electron chi connectivity index (χ2n) is 6.49. The molecule has 1 fully saturated rings. The quantitative estimate of drug-likeness (QED) is 0.930. The second kappa shape index (κ2) is 6.48. The van der Waals surface area contributed by atoms with E-state index in [2.05, 4.69) is 34.1 Å². The lowest BCUT2D eigenvalue weighted by molar-refractivity contribution is -0.131. The Bertz CT molecular complexity index is 792. The Morgan fingerprint density at radius 1 is 1.54 bits per heavy atom. The highest BCUT2D eigenvalue weighted by molar-refractivity contribution is 5.90. The highest BCUT2D eigenvalue weighted by atomic mass is 16.2. The number of hydrogen-bond acceptors (Lipinski definition) is 5. The molecule has 1 saturated heterocycles. The fraction of sp³-hybridized carbons (Fsp3) is 0.529. The number of piperidine rings is 1. The summed E-state index contributed by atoms with van der Waals surface area (Å²) < 4.78 is 0. The number of amides is 1. The van der Waals surface area contributed by atoms with Gasteiger partial charge in [0, 0.05) is 37.8 Å². The van der Waals surface area contributed by atoms with Gasteiger partial charge in [0.05, 0.1) is 17.5 Å². The summed E-state index contributed by atoms with van der Waals surface area (Å²) in [6, 6.07) is 4.15. The molecule has 0 saturated carbocycles. The van der Waals surface area contributed by atoms with Crippen molar-refractivity contribution in [3.8, 4) is 6.07 Å². The monoisotopic (exact) mass is 326 g/mol. The van der Waals surface area contributed by atoms with Crippen LogP contribution in [0.5, 0.6) is 0 Å².